The molecule has 29 heavy (non-hydrogen) atoms. The molecule has 0 N–H and O–H groups in total. The lowest BCUT2D eigenvalue weighted by Gasteiger charge is -2.47. The second-order valence-electron chi connectivity index (χ2n) is 8.40. The van der Waals surface area contributed by atoms with Crippen molar-refractivity contribution in [2.24, 2.45) is 0 Å². The third kappa shape index (κ3) is 4.51. The molecule has 1 aromatic heterocycles. The molecule has 0 saturated carbocycles. The van der Waals surface area contributed by atoms with Crippen LogP contribution in [0.4, 0.5) is 0 Å². The number of fused-ring (bicyclic) bond motifs is 1. The van der Waals surface area contributed by atoms with Gasteiger partial charge in [0.1, 0.15) is 11.4 Å². The van der Waals surface area contributed by atoms with Gasteiger partial charge in [-0.05, 0) is 67.1 Å². The van der Waals surface area contributed by atoms with Gasteiger partial charge in [-0.2, -0.15) is 11.3 Å². The minimum absolute atomic E-state index is 0.131. The number of hydrogen-bond acceptors (Lipinski definition) is 4. The van der Waals surface area contributed by atoms with E-state index < -0.39 is 0 Å². The van der Waals surface area contributed by atoms with Crippen LogP contribution in [-0.2, 0) is 11.3 Å². The Labute approximate surface area is 178 Å². The summed E-state index contributed by atoms with van der Waals surface area (Å²) in [6.45, 7) is 8.81. The highest BCUT2D eigenvalue weighted by atomic mass is 32.1. The zero-order valence-corrected chi connectivity index (χ0v) is 18.4. The number of piperidine rings is 1. The fourth-order valence-corrected chi connectivity index (χ4v) is 5.57. The number of benzene rings is 1. The van der Waals surface area contributed by atoms with Crippen molar-refractivity contribution in [1.82, 2.24) is 9.80 Å². The maximum Gasteiger partial charge on any atom is 0.223 e. The third-order valence-electron chi connectivity index (χ3n) is 6.59. The van der Waals surface area contributed by atoms with Crippen molar-refractivity contribution in [3.63, 3.8) is 0 Å². The Morgan fingerprint density at radius 1 is 1.21 bits per heavy atom. The molecule has 0 bridgehead atoms. The highest BCUT2D eigenvalue weighted by Crippen LogP contribution is 2.46. The first kappa shape index (κ1) is 20.4. The topological polar surface area (TPSA) is 32.8 Å². The predicted octanol–water partition coefficient (Wildman–Crippen LogP) is 4.91. The molecule has 1 atom stereocenters. The van der Waals surface area contributed by atoms with Crippen LogP contribution in [-0.4, -0.2) is 47.5 Å². The van der Waals surface area contributed by atoms with E-state index in [9.17, 15) is 4.79 Å². The molecule has 1 aromatic carbocycles. The lowest BCUT2D eigenvalue weighted by atomic mass is 9.76. The van der Waals surface area contributed by atoms with Gasteiger partial charge in [-0.25, -0.2) is 0 Å². The molecule has 5 heteroatoms. The van der Waals surface area contributed by atoms with Crippen LogP contribution < -0.4 is 4.74 Å². The Bertz CT molecular complexity index is 808. The van der Waals surface area contributed by atoms with Gasteiger partial charge in [-0.1, -0.05) is 18.2 Å². The summed E-state index contributed by atoms with van der Waals surface area (Å²) in [5.41, 5.74) is 2.48. The van der Waals surface area contributed by atoms with Crippen molar-refractivity contribution in [3.8, 4) is 5.75 Å². The Kier molecular flexibility index (Phi) is 6.26. The van der Waals surface area contributed by atoms with Crippen LogP contribution in [0.15, 0.2) is 41.1 Å². The first-order chi connectivity index (χ1) is 14.1. The first-order valence-electron chi connectivity index (χ1n) is 10.9. The van der Waals surface area contributed by atoms with E-state index in [0.29, 0.717) is 6.42 Å². The van der Waals surface area contributed by atoms with Crippen molar-refractivity contribution in [2.75, 3.05) is 26.2 Å². The summed E-state index contributed by atoms with van der Waals surface area (Å²) in [7, 11) is 0. The number of hydrogen-bond donors (Lipinski definition) is 0. The predicted molar refractivity (Wildman–Crippen MR) is 119 cm³/mol. The summed E-state index contributed by atoms with van der Waals surface area (Å²) in [5.74, 6) is 1.50. The molecule has 0 unspecified atom stereocenters. The van der Waals surface area contributed by atoms with Crippen molar-refractivity contribution in [3.05, 3.63) is 52.2 Å². The lowest BCUT2D eigenvalue weighted by Crippen LogP contribution is -2.50. The number of thiophene rings is 1. The zero-order valence-electron chi connectivity index (χ0n) is 17.6. The van der Waals surface area contributed by atoms with E-state index in [0.717, 1.165) is 57.7 Å². The van der Waals surface area contributed by atoms with Crippen LogP contribution in [0.5, 0.6) is 5.75 Å². The Morgan fingerprint density at radius 2 is 1.97 bits per heavy atom. The van der Waals surface area contributed by atoms with E-state index in [1.807, 2.05) is 11.0 Å². The van der Waals surface area contributed by atoms with Gasteiger partial charge < -0.3 is 9.64 Å². The maximum absolute atomic E-state index is 12.9. The fraction of sp³-hybridized carbons (Fsp3) is 0.542. The molecule has 1 spiro atoms. The zero-order chi connectivity index (χ0) is 20.3. The van der Waals surface area contributed by atoms with E-state index in [1.165, 1.54) is 11.1 Å². The normalized spacial score (nSPS) is 20.8. The highest BCUT2D eigenvalue weighted by Gasteiger charge is 2.43. The van der Waals surface area contributed by atoms with Crippen molar-refractivity contribution in [1.29, 1.82) is 0 Å². The van der Waals surface area contributed by atoms with E-state index in [2.05, 4.69) is 53.8 Å². The van der Waals surface area contributed by atoms with Crippen LogP contribution in [0.25, 0.3) is 0 Å². The minimum atomic E-state index is -0.131. The standard InChI is InChI=1S/C24H32N2O2S/c1-3-26(4-2)23(27)15-20-16-24(28-22-8-6-5-7-21(20)22)10-12-25(13-11-24)17-19-9-14-29-18-19/h5-9,14,18,20H,3-4,10-13,15-17H2,1-2H3/t20-/m0/s1. The molecule has 3 heterocycles. The summed E-state index contributed by atoms with van der Waals surface area (Å²) in [4.78, 5) is 17.3. The first-order valence-corrected chi connectivity index (χ1v) is 11.9. The second-order valence-corrected chi connectivity index (χ2v) is 9.18. The number of ether oxygens (including phenoxy) is 1. The molecule has 1 saturated heterocycles. The van der Waals surface area contributed by atoms with Crippen molar-refractivity contribution < 1.29 is 9.53 Å². The summed E-state index contributed by atoms with van der Waals surface area (Å²) in [6.07, 6.45) is 3.59. The molecular weight excluding hydrogens is 380 g/mol. The molecule has 1 fully saturated rings. The van der Waals surface area contributed by atoms with Crippen LogP contribution in [0.3, 0.4) is 0 Å². The lowest BCUT2D eigenvalue weighted by molar-refractivity contribution is -0.131. The molecule has 2 aromatic rings. The van der Waals surface area contributed by atoms with E-state index in [-0.39, 0.29) is 17.4 Å². The third-order valence-corrected chi connectivity index (χ3v) is 7.33. The highest BCUT2D eigenvalue weighted by molar-refractivity contribution is 7.07. The van der Waals surface area contributed by atoms with Gasteiger partial charge in [0.15, 0.2) is 0 Å². The van der Waals surface area contributed by atoms with Gasteiger partial charge in [0, 0.05) is 45.1 Å². The Balaban J connectivity index is 1.47. The number of amides is 1. The summed E-state index contributed by atoms with van der Waals surface area (Å²) >= 11 is 1.77. The van der Waals surface area contributed by atoms with Gasteiger partial charge in [0.25, 0.3) is 0 Å². The smallest absolute Gasteiger partial charge is 0.223 e. The molecular formula is C24H32N2O2S. The fourth-order valence-electron chi connectivity index (χ4n) is 4.91. The molecule has 4 rings (SSSR count). The van der Waals surface area contributed by atoms with Gasteiger partial charge in [-0.3, -0.25) is 9.69 Å². The molecule has 2 aliphatic rings. The monoisotopic (exact) mass is 412 g/mol. The van der Waals surface area contributed by atoms with Crippen LogP contribution in [0.1, 0.15) is 56.6 Å². The van der Waals surface area contributed by atoms with Crippen LogP contribution in [0, 0.1) is 0 Å². The summed E-state index contributed by atoms with van der Waals surface area (Å²) < 4.78 is 6.62. The molecule has 0 aliphatic carbocycles. The van der Waals surface area contributed by atoms with Gasteiger partial charge >= 0.3 is 0 Å². The second kappa shape index (κ2) is 8.88. The number of carbonyl (C=O) groups is 1. The maximum atomic E-state index is 12.9. The average molecular weight is 413 g/mol. The van der Waals surface area contributed by atoms with E-state index in [1.54, 1.807) is 11.3 Å². The van der Waals surface area contributed by atoms with Crippen molar-refractivity contribution >= 4 is 17.2 Å². The molecule has 0 radical (unpaired) electrons. The average Bonchev–Trinajstić information content (AvgIpc) is 3.24. The number of rotatable bonds is 6. The van der Waals surface area contributed by atoms with Crippen LogP contribution in [0.2, 0.25) is 0 Å². The molecule has 1 amide bonds. The molecule has 4 nitrogen and oxygen atoms in total. The Hall–Kier alpha value is -1.85. The van der Waals surface area contributed by atoms with E-state index >= 15 is 0 Å². The van der Waals surface area contributed by atoms with Gasteiger partial charge in [0.05, 0.1) is 0 Å². The Morgan fingerprint density at radius 3 is 2.66 bits per heavy atom. The number of para-hydroxylation sites is 1. The summed E-state index contributed by atoms with van der Waals surface area (Å²) in [6, 6.07) is 10.6. The largest absolute Gasteiger partial charge is 0.487 e. The SMILES string of the molecule is CCN(CC)C(=O)C[C@H]1CC2(CCN(Cc3ccsc3)CC2)Oc2ccccc21. The van der Waals surface area contributed by atoms with E-state index in [4.69, 9.17) is 4.74 Å². The van der Waals surface area contributed by atoms with Crippen LogP contribution >= 0.6 is 11.3 Å². The minimum Gasteiger partial charge on any atom is -0.487 e. The summed E-state index contributed by atoms with van der Waals surface area (Å²) in [5, 5.41) is 4.39. The molecule has 156 valence electrons. The number of carbonyl (C=O) groups excluding carboxylic acids is 1. The van der Waals surface area contributed by atoms with Gasteiger partial charge in [-0.15, -0.1) is 0 Å². The quantitative estimate of drug-likeness (QED) is 0.676. The number of likely N-dealkylation sites (tertiary alicyclic amines) is 1. The van der Waals surface area contributed by atoms with Gasteiger partial charge in [0.2, 0.25) is 5.91 Å². The van der Waals surface area contributed by atoms with Crippen molar-refractivity contribution in [2.45, 2.75) is 57.6 Å². The number of nitrogens with zero attached hydrogens (tertiary/aromatic N) is 2. The molecule has 2 aliphatic heterocycles.